The number of nitrogens with zero attached hydrogens (tertiary/aromatic N) is 7. The molecule has 12 heteroatoms. The highest BCUT2D eigenvalue weighted by molar-refractivity contribution is 6.05. The number of piperidine rings is 1. The summed E-state index contributed by atoms with van der Waals surface area (Å²) >= 11 is 0. The Hall–Kier alpha value is -5.36. The van der Waals surface area contributed by atoms with Crippen molar-refractivity contribution < 1.29 is 14.3 Å². The highest BCUT2D eigenvalue weighted by atomic mass is 16.5. The number of aromatic nitrogens is 5. The molecule has 3 amide bonds. The van der Waals surface area contributed by atoms with E-state index in [1.165, 1.54) is 11.2 Å². The Kier molecular flexibility index (Phi) is 7.32. The van der Waals surface area contributed by atoms with E-state index >= 15 is 0 Å². The molecule has 2 aliphatic rings. The number of hydrogen-bond donors (Lipinski definition) is 2. The largest absolute Gasteiger partial charge is 0.457 e. The van der Waals surface area contributed by atoms with Crippen LogP contribution in [0.15, 0.2) is 79.3 Å². The lowest BCUT2D eigenvalue weighted by Gasteiger charge is -2.32. The maximum atomic E-state index is 12.3. The molecule has 0 atom stereocenters. The van der Waals surface area contributed by atoms with Gasteiger partial charge in [-0.2, -0.15) is 5.10 Å². The summed E-state index contributed by atoms with van der Waals surface area (Å²) < 4.78 is 7.97. The van der Waals surface area contributed by atoms with Crippen LogP contribution in [-0.4, -0.2) is 61.2 Å². The number of pyridine rings is 1. The fraction of sp³-hybridized carbons (Fsp3) is 0.250. The van der Waals surface area contributed by atoms with Gasteiger partial charge >= 0.3 is 6.03 Å². The molecule has 2 saturated heterocycles. The summed E-state index contributed by atoms with van der Waals surface area (Å²) in [6.45, 7) is 2.79. The summed E-state index contributed by atoms with van der Waals surface area (Å²) in [6.07, 6.45) is 5.24. The molecular weight excluding hydrogens is 558 g/mol. The molecule has 222 valence electrons. The molecule has 2 fully saturated rings. The van der Waals surface area contributed by atoms with Crippen LogP contribution < -0.4 is 20.7 Å². The van der Waals surface area contributed by atoms with Crippen LogP contribution in [-0.2, 0) is 11.3 Å². The number of ether oxygens (including phenoxy) is 1. The van der Waals surface area contributed by atoms with E-state index in [4.69, 9.17) is 15.6 Å². The molecule has 7 rings (SSSR count). The van der Waals surface area contributed by atoms with Crippen molar-refractivity contribution in [3.8, 4) is 22.8 Å². The first-order valence-corrected chi connectivity index (χ1v) is 14.6. The molecule has 3 aromatic heterocycles. The van der Waals surface area contributed by atoms with Crippen molar-refractivity contribution in [1.29, 1.82) is 0 Å². The third-order valence-corrected chi connectivity index (χ3v) is 8.07. The lowest BCUT2D eigenvalue weighted by molar-refractivity contribution is -0.120. The molecule has 0 radical (unpaired) electrons. The van der Waals surface area contributed by atoms with E-state index in [0.29, 0.717) is 18.2 Å². The lowest BCUT2D eigenvalue weighted by Crippen LogP contribution is -2.49. The van der Waals surface area contributed by atoms with Crippen molar-refractivity contribution in [2.24, 2.45) is 0 Å². The zero-order chi connectivity index (χ0) is 30.0. The quantitative estimate of drug-likeness (QED) is 0.279. The second-order valence-corrected chi connectivity index (χ2v) is 11.0. The summed E-state index contributed by atoms with van der Waals surface area (Å²) in [7, 11) is 0. The number of carbonyl (C=O) groups excluding carboxylic acids is 2. The van der Waals surface area contributed by atoms with Crippen LogP contribution in [0.5, 0.6) is 11.5 Å². The van der Waals surface area contributed by atoms with Gasteiger partial charge in [0.05, 0.1) is 11.4 Å². The van der Waals surface area contributed by atoms with E-state index < -0.39 is 6.03 Å². The van der Waals surface area contributed by atoms with E-state index in [1.807, 2.05) is 71.4 Å². The number of benzene rings is 2. The van der Waals surface area contributed by atoms with Crippen molar-refractivity contribution in [2.75, 3.05) is 30.3 Å². The van der Waals surface area contributed by atoms with E-state index in [9.17, 15) is 9.59 Å². The van der Waals surface area contributed by atoms with Crippen LogP contribution in [0.3, 0.4) is 0 Å². The van der Waals surface area contributed by atoms with Gasteiger partial charge in [-0.1, -0.05) is 18.2 Å². The molecule has 0 unspecified atom stereocenters. The van der Waals surface area contributed by atoms with Crippen molar-refractivity contribution in [3.63, 3.8) is 0 Å². The van der Waals surface area contributed by atoms with E-state index in [2.05, 4.69) is 25.2 Å². The molecule has 0 spiro atoms. The van der Waals surface area contributed by atoms with Gasteiger partial charge in [-0.25, -0.2) is 24.4 Å². The van der Waals surface area contributed by atoms with Gasteiger partial charge in [-0.15, -0.1) is 0 Å². The molecule has 0 saturated carbocycles. The Bertz CT molecular complexity index is 1820. The Morgan fingerprint density at radius 3 is 2.45 bits per heavy atom. The number of para-hydroxylation sites is 1. The van der Waals surface area contributed by atoms with Crippen LogP contribution in [0.2, 0.25) is 0 Å². The van der Waals surface area contributed by atoms with Crippen molar-refractivity contribution in [2.45, 2.75) is 31.8 Å². The Labute approximate surface area is 253 Å². The first-order valence-electron chi connectivity index (χ1n) is 14.6. The SMILES string of the molecule is Nc1ncnc2c1c(-c1ccc(Oc3ccccc3)cc1)nn2C1CCN(Cc2ccnc(N3CCC(=O)NC3=O)c2)CC1. The number of anilines is 2. The number of likely N-dealkylation sites (tertiary alicyclic amines) is 1. The van der Waals surface area contributed by atoms with Gasteiger partial charge in [0.1, 0.15) is 35.2 Å². The summed E-state index contributed by atoms with van der Waals surface area (Å²) in [4.78, 5) is 40.9. The second-order valence-electron chi connectivity index (χ2n) is 11.0. The molecule has 0 aliphatic carbocycles. The van der Waals surface area contributed by atoms with Crippen LogP contribution >= 0.6 is 0 Å². The van der Waals surface area contributed by atoms with Crippen LogP contribution in [0, 0.1) is 0 Å². The van der Waals surface area contributed by atoms with Crippen molar-refractivity contribution in [1.82, 2.24) is 34.9 Å². The van der Waals surface area contributed by atoms with Crippen molar-refractivity contribution in [3.05, 3.63) is 84.8 Å². The molecule has 0 bridgehead atoms. The molecule has 5 heterocycles. The molecular formula is C32H31N9O3. The topological polar surface area (TPSA) is 144 Å². The minimum Gasteiger partial charge on any atom is -0.457 e. The van der Waals surface area contributed by atoms with Crippen LogP contribution in [0.4, 0.5) is 16.4 Å². The maximum absolute atomic E-state index is 12.3. The zero-order valence-corrected chi connectivity index (χ0v) is 24.0. The number of nitrogen functional groups attached to an aromatic ring is 1. The van der Waals surface area contributed by atoms with Gasteiger partial charge in [0.2, 0.25) is 5.91 Å². The lowest BCUT2D eigenvalue weighted by atomic mass is 10.0. The normalized spacial score (nSPS) is 16.3. The van der Waals surface area contributed by atoms with Gasteiger partial charge in [-0.3, -0.25) is 19.9 Å². The third kappa shape index (κ3) is 5.54. The average Bonchev–Trinajstić information content (AvgIpc) is 3.43. The monoisotopic (exact) mass is 589 g/mol. The van der Waals surface area contributed by atoms with Crippen LogP contribution in [0.25, 0.3) is 22.3 Å². The predicted molar refractivity (Wildman–Crippen MR) is 165 cm³/mol. The fourth-order valence-electron chi connectivity index (χ4n) is 5.83. The third-order valence-electron chi connectivity index (χ3n) is 8.07. The number of fused-ring (bicyclic) bond motifs is 1. The van der Waals surface area contributed by atoms with Crippen molar-refractivity contribution >= 4 is 34.6 Å². The number of imide groups is 1. The standard InChI is InChI=1S/C32H31N9O3/c33-30-28-29(22-6-8-25(9-7-22)44-24-4-2-1-3-5-24)38-41(31(28)36-20-35-30)23-11-15-39(16-12-23)19-21-10-14-34-26(18-21)40-17-13-27(42)37-32(40)43/h1-10,14,18,20,23H,11-13,15-17,19H2,(H2,33,35,36)(H,37,42,43). The summed E-state index contributed by atoms with van der Waals surface area (Å²) in [6, 6.07) is 21.1. The number of urea groups is 1. The first-order chi connectivity index (χ1) is 21.5. The molecule has 44 heavy (non-hydrogen) atoms. The van der Waals surface area contributed by atoms with Gasteiger partial charge < -0.3 is 10.5 Å². The summed E-state index contributed by atoms with van der Waals surface area (Å²) in [5.74, 6) is 2.20. The number of nitrogens with one attached hydrogen (secondary N) is 1. The molecule has 2 aromatic carbocycles. The summed E-state index contributed by atoms with van der Waals surface area (Å²) in [5.41, 5.74) is 9.82. The molecule has 5 aromatic rings. The second kappa shape index (κ2) is 11.7. The number of hydrogen-bond acceptors (Lipinski definition) is 9. The Morgan fingerprint density at radius 1 is 0.909 bits per heavy atom. The number of nitrogens with two attached hydrogens (primary N) is 1. The van der Waals surface area contributed by atoms with Gasteiger partial charge in [0.25, 0.3) is 0 Å². The number of amides is 3. The molecule has 3 N–H and O–H groups in total. The minimum atomic E-state index is -0.432. The average molecular weight is 590 g/mol. The Balaban J connectivity index is 1.06. The van der Waals surface area contributed by atoms with Gasteiger partial charge in [-0.05, 0) is 66.9 Å². The van der Waals surface area contributed by atoms with E-state index in [-0.39, 0.29) is 18.4 Å². The highest BCUT2D eigenvalue weighted by Gasteiger charge is 2.28. The Morgan fingerprint density at radius 2 is 1.68 bits per heavy atom. The molecule has 12 nitrogen and oxygen atoms in total. The number of rotatable bonds is 7. The summed E-state index contributed by atoms with van der Waals surface area (Å²) in [5, 5.41) is 8.15. The fourth-order valence-corrected chi connectivity index (χ4v) is 5.83. The van der Waals surface area contributed by atoms with Crippen LogP contribution in [0.1, 0.15) is 30.9 Å². The molecule has 2 aliphatic heterocycles. The predicted octanol–water partition coefficient (Wildman–Crippen LogP) is 4.55. The highest BCUT2D eigenvalue weighted by Crippen LogP contribution is 2.35. The number of carbonyl (C=O) groups is 2. The smallest absolute Gasteiger partial charge is 0.329 e. The van der Waals surface area contributed by atoms with E-state index in [1.54, 1.807) is 6.20 Å². The van der Waals surface area contributed by atoms with E-state index in [0.717, 1.165) is 71.8 Å². The minimum absolute atomic E-state index is 0.153. The maximum Gasteiger partial charge on any atom is 0.329 e. The van der Waals surface area contributed by atoms with Gasteiger partial charge in [0, 0.05) is 44.4 Å². The van der Waals surface area contributed by atoms with Gasteiger partial charge in [0.15, 0.2) is 5.65 Å². The first kappa shape index (κ1) is 27.5. The zero-order valence-electron chi connectivity index (χ0n) is 24.0.